The third-order valence-electron chi connectivity index (χ3n) is 3.69. The Labute approximate surface area is 145 Å². The Bertz CT molecular complexity index is 598. The van der Waals surface area contributed by atoms with Crippen LogP contribution in [0.4, 0.5) is 0 Å². The second-order valence-corrected chi connectivity index (χ2v) is 6.55. The van der Waals surface area contributed by atoms with Crippen molar-refractivity contribution < 1.29 is 9.63 Å². The highest BCUT2D eigenvalue weighted by molar-refractivity contribution is 14.1. The molecule has 1 aromatic carbocycles. The Morgan fingerprint density at radius 2 is 1.85 bits per heavy atom. The topological polar surface area (TPSA) is 46.3 Å². The lowest BCUT2D eigenvalue weighted by Gasteiger charge is -2.11. The summed E-state index contributed by atoms with van der Waals surface area (Å²) in [6.45, 7) is 0.000925. The molecule has 5 heteroatoms. The van der Waals surface area contributed by atoms with Gasteiger partial charge in [0.2, 0.25) is 0 Å². The maximum absolute atomic E-state index is 9.75. The largest absolute Gasteiger partial charge is 0.391 e. The molecule has 0 amide bonds. The number of rotatable bonds is 5. The van der Waals surface area contributed by atoms with Crippen molar-refractivity contribution in [3.63, 3.8) is 0 Å². The van der Waals surface area contributed by atoms with Gasteiger partial charge in [0, 0.05) is 25.9 Å². The molecule has 3 rings (SSSR count). The van der Waals surface area contributed by atoms with Crippen LogP contribution in [0.5, 0.6) is 0 Å². The van der Waals surface area contributed by atoms with Gasteiger partial charge >= 0.3 is 0 Å². The van der Waals surface area contributed by atoms with E-state index in [-0.39, 0.29) is 6.61 Å². The summed E-state index contributed by atoms with van der Waals surface area (Å²) >= 11 is 4.74. The fraction of sp³-hybridized carbons (Fsp3) is 0.400. The SMILES string of the molecule is OCc1c(-c2c(CI)cccc2CI)noc1C1CC1. The van der Waals surface area contributed by atoms with Crippen molar-refractivity contribution in [1.82, 2.24) is 5.16 Å². The van der Waals surface area contributed by atoms with E-state index in [1.165, 1.54) is 11.1 Å². The lowest BCUT2D eigenvalue weighted by atomic mass is 9.96. The molecule has 1 N–H and O–H groups in total. The van der Waals surface area contributed by atoms with E-state index in [2.05, 4.69) is 68.5 Å². The number of hydrogen-bond acceptors (Lipinski definition) is 3. The minimum Gasteiger partial charge on any atom is -0.391 e. The highest BCUT2D eigenvalue weighted by Gasteiger charge is 2.32. The van der Waals surface area contributed by atoms with Crippen LogP contribution in [-0.2, 0) is 15.5 Å². The Morgan fingerprint density at radius 1 is 1.20 bits per heavy atom. The van der Waals surface area contributed by atoms with Crippen molar-refractivity contribution >= 4 is 45.2 Å². The highest BCUT2D eigenvalue weighted by Crippen LogP contribution is 2.45. The first-order valence-corrected chi connectivity index (χ1v) is 9.67. The average molecular weight is 495 g/mol. The molecule has 0 aliphatic heterocycles. The van der Waals surface area contributed by atoms with Crippen LogP contribution < -0.4 is 0 Å². The number of aliphatic hydroxyl groups is 1. The number of nitrogens with zero attached hydrogens (tertiary/aromatic N) is 1. The van der Waals surface area contributed by atoms with E-state index < -0.39 is 0 Å². The van der Waals surface area contributed by atoms with E-state index in [4.69, 9.17) is 4.52 Å². The van der Waals surface area contributed by atoms with Gasteiger partial charge in [0.1, 0.15) is 11.5 Å². The van der Waals surface area contributed by atoms with Crippen molar-refractivity contribution in [2.45, 2.75) is 34.2 Å². The number of aromatic nitrogens is 1. The van der Waals surface area contributed by atoms with Crippen LogP contribution in [0, 0.1) is 0 Å². The summed E-state index contributed by atoms with van der Waals surface area (Å²) in [7, 11) is 0. The zero-order chi connectivity index (χ0) is 14.1. The molecule has 3 nitrogen and oxygen atoms in total. The molecule has 0 radical (unpaired) electrons. The molecule has 1 aliphatic carbocycles. The van der Waals surface area contributed by atoms with E-state index >= 15 is 0 Å². The molecule has 20 heavy (non-hydrogen) atoms. The van der Waals surface area contributed by atoms with Crippen molar-refractivity contribution in [2.24, 2.45) is 0 Å². The van der Waals surface area contributed by atoms with E-state index in [1.807, 2.05) is 0 Å². The van der Waals surface area contributed by atoms with Crippen molar-refractivity contribution in [3.8, 4) is 11.3 Å². The first kappa shape index (κ1) is 14.8. The third kappa shape index (κ3) is 2.64. The summed E-state index contributed by atoms with van der Waals surface area (Å²) in [5, 5.41) is 14.0. The second-order valence-electron chi connectivity index (χ2n) is 5.02. The fourth-order valence-corrected chi connectivity index (χ4v) is 3.79. The molecule has 1 saturated carbocycles. The van der Waals surface area contributed by atoms with E-state index in [0.29, 0.717) is 5.92 Å². The van der Waals surface area contributed by atoms with Crippen LogP contribution in [0.15, 0.2) is 22.7 Å². The summed E-state index contributed by atoms with van der Waals surface area (Å²) in [6, 6.07) is 6.35. The van der Waals surface area contributed by atoms with E-state index in [1.54, 1.807) is 0 Å². The number of halogens is 2. The molecular formula is C15H15I2NO2. The van der Waals surface area contributed by atoms with E-state index in [9.17, 15) is 5.11 Å². The summed E-state index contributed by atoms with van der Waals surface area (Å²) in [6.07, 6.45) is 2.30. The molecule has 1 heterocycles. The lowest BCUT2D eigenvalue weighted by molar-refractivity contribution is 0.277. The van der Waals surface area contributed by atoms with Crippen LogP contribution in [-0.4, -0.2) is 10.3 Å². The molecule has 1 aromatic heterocycles. The number of alkyl halides is 2. The Morgan fingerprint density at radius 3 is 2.35 bits per heavy atom. The van der Waals surface area contributed by atoms with Gasteiger partial charge in [-0.15, -0.1) is 0 Å². The molecule has 0 spiro atoms. The minimum absolute atomic E-state index is 0.000925. The van der Waals surface area contributed by atoms with Crippen molar-refractivity contribution in [1.29, 1.82) is 0 Å². The number of aliphatic hydroxyl groups excluding tert-OH is 1. The number of benzene rings is 1. The predicted molar refractivity (Wildman–Crippen MR) is 95.3 cm³/mol. The summed E-state index contributed by atoms with van der Waals surface area (Å²) in [5.74, 6) is 1.36. The summed E-state index contributed by atoms with van der Waals surface area (Å²) in [5.41, 5.74) is 5.38. The highest BCUT2D eigenvalue weighted by atomic mass is 127. The average Bonchev–Trinajstić information content (AvgIpc) is 3.25. The maximum atomic E-state index is 9.75. The smallest absolute Gasteiger partial charge is 0.145 e. The Hall–Kier alpha value is -0.150. The second kappa shape index (κ2) is 6.31. The first-order chi connectivity index (χ1) is 9.80. The molecule has 106 valence electrons. The molecule has 1 fully saturated rings. The van der Waals surface area contributed by atoms with Gasteiger partial charge < -0.3 is 9.63 Å². The van der Waals surface area contributed by atoms with Crippen molar-refractivity contribution in [2.75, 3.05) is 0 Å². The molecule has 0 unspecified atom stereocenters. The van der Waals surface area contributed by atoms with Gasteiger partial charge in [-0.05, 0) is 24.0 Å². The van der Waals surface area contributed by atoms with Crippen LogP contribution in [0.3, 0.4) is 0 Å². The summed E-state index contributed by atoms with van der Waals surface area (Å²) in [4.78, 5) is 0. The predicted octanol–water partition coefficient (Wildman–Crippen LogP) is 4.58. The zero-order valence-corrected chi connectivity index (χ0v) is 15.2. The molecular weight excluding hydrogens is 480 g/mol. The van der Waals surface area contributed by atoms with Crippen LogP contribution in [0.2, 0.25) is 0 Å². The van der Waals surface area contributed by atoms with Gasteiger partial charge in [0.15, 0.2) is 0 Å². The van der Waals surface area contributed by atoms with Crippen LogP contribution >= 0.6 is 45.2 Å². The molecule has 2 aromatic rings. The Balaban J connectivity index is 2.17. The molecule has 1 aliphatic rings. The zero-order valence-electron chi connectivity index (χ0n) is 10.9. The lowest BCUT2D eigenvalue weighted by Crippen LogP contribution is -1.97. The van der Waals surface area contributed by atoms with Gasteiger partial charge in [-0.2, -0.15) is 0 Å². The quantitative estimate of drug-likeness (QED) is 0.489. The monoisotopic (exact) mass is 495 g/mol. The van der Waals surface area contributed by atoms with Crippen LogP contribution in [0.1, 0.15) is 41.2 Å². The van der Waals surface area contributed by atoms with Gasteiger partial charge in [0.05, 0.1) is 6.61 Å². The van der Waals surface area contributed by atoms with Crippen LogP contribution in [0.25, 0.3) is 11.3 Å². The van der Waals surface area contributed by atoms with Crippen molar-refractivity contribution in [3.05, 3.63) is 40.6 Å². The minimum atomic E-state index is 0.000925. The standard InChI is InChI=1S/C15H15I2NO2/c16-6-10-2-1-3-11(7-17)13(10)14-12(8-19)15(20-18-14)9-4-5-9/h1-3,9,19H,4-8H2. The van der Waals surface area contributed by atoms with Gasteiger partial charge in [0.25, 0.3) is 0 Å². The van der Waals surface area contributed by atoms with E-state index in [0.717, 1.165) is 44.3 Å². The first-order valence-electron chi connectivity index (χ1n) is 6.62. The normalized spacial score (nSPS) is 14.8. The third-order valence-corrected chi connectivity index (χ3v) is 5.33. The maximum Gasteiger partial charge on any atom is 0.145 e. The van der Waals surface area contributed by atoms with Gasteiger partial charge in [-0.1, -0.05) is 68.5 Å². The Kier molecular flexibility index (Phi) is 4.66. The number of hydrogen-bond donors (Lipinski definition) is 1. The molecule has 0 bridgehead atoms. The summed E-state index contributed by atoms with van der Waals surface area (Å²) < 4.78 is 7.40. The van der Waals surface area contributed by atoms with Gasteiger partial charge in [-0.3, -0.25) is 0 Å². The molecule has 0 saturated heterocycles. The van der Waals surface area contributed by atoms with Gasteiger partial charge in [-0.25, -0.2) is 0 Å². The fourth-order valence-electron chi connectivity index (χ4n) is 2.52. The molecule has 0 atom stereocenters.